The van der Waals surface area contributed by atoms with Gasteiger partial charge < -0.3 is 19.9 Å². The lowest BCUT2D eigenvalue weighted by atomic mass is 9.77. The predicted octanol–water partition coefficient (Wildman–Crippen LogP) is 2.09. The van der Waals surface area contributed by atoms with Gasteiger partial charge in [0.15, 0.2) is 0 Å². The Morgan fingerprint density at radius 3 is 2.62 bits per heavy atom. The fourth-order valence-electron chi connectivity index (χ4n) is 4.95. The fourth-order valence-corrected chi connectivity index (χ4v) is 4.95. The van der Waals surface area contributed by atoms with Crippen molar-refractivity contribution in [2.45, 2.75) is 63.6 Å². The summed E-state index contributed by atoms with van der Waals surface area (Å²) in [5.41, 5.74) is 0. The summed E-state index contributed by atoms with van der Waals surface area (Å²) in [5, 5.41) is 13.8. The summed E-state index contributed by atoms with van der Waals surface area (Å²) in [4.78, 5) is 18.8. The number of hydrogen-bond acceptors (Lipinski definition) is 3. The minimum atomic E-state index is -0.350. The van der Waals surface area contributed by atoms with Crippen LogP contribution in [0.4, 0.5) is 4.79 Å². The summed E-state index contributed by atoms with van der Waals surface area (Å²) in [6.07, 6.45) is 9.81. The van der Waals surface area contributed by atoms with E-state index in [1.165, 1.54) is 12.8 Å². The molecule has 0 radical (unpaired) electrons. The fraction of sp³-hybridized carbons (Fsp3) is 0.778. The second-order valence-corrected chi connectivity index (χ2v) is 7.84. The summed E-state index contributed by atoms with van der Waals surface area (Å²) in [6, 6.07) is 0.555. The van der Waals surface area contributed by atoms with Crippen molar-refractivity contribution in [1.29, 1.82) is 0 Å². The molecule has 0 aromatic carbocycles. The number of nitrogens with one attached hydrogen (secondary N) is 1. The molecule has 1 aromatic heterocycles. The third-order valence-electron chi connectivity index (χ3n) is 6.30. The molecule has 2 heterocycles. The minimum absolute atomic E-state index is 0.0894. The second-order valence-electron chi connectivity index (χ2n) is 7.84. The van der Waals surface area contributed by atoms with Crippen LogP contribution in [-0.2, 0) is 0 Å². The van der Waals surface area contributed by atoms with E-state index in [4.69, 9.17) is 0 Å². The molecule has 4 rings (SSSR count). The summed E-state index contributed by atoms with van der Waals surface area (Å²) in [6.45, 7) is 3.59. The molecule has 2 N–H and O–H groups in total. The van der Waals surface area contributed by atoms with Crippen molar-refractivity contribution in [2.24, 2.45) is 11.8 Å². The van der Waals surface area contributed by atoms with E-state index in [2.05, 4.69) is 14.9 Å². The maximum absolute atomic E-state index is 12.5. The van der Waals surface area contributed by atoms with E-state index in [0.29, 0.717) is 17.9 Å². The highest BCUT2D eigenvalue weighted by Gasteiger charge is 2.44. The Hall–Kier alpha value is -1.56. The molecule has 6 nitrogen and oxygen atoms in total. The van der Waals surface area contributed by atoms with Crippen molar-refractivity contribution in [3.63, 3.8) is 0 Å². The van der Waals surface area contributed by atoms with Crippen molar-refractivity contribution in [2.75, 3.05) is 13.1 Å². The summed E-state index contributed by atoms with van der Waals surface area (Å²) in [7, 11) is 0. The van der Waals surface area contributed by atoms with Gasteiger partial charge in [0.25, 0.3) is 0 Å². The van der Waals surface area contributed by atoms with Crippen LogP contribution in [-0.4, -0.2) is 50.8 Å². The maximum Gasteiger partial charge on any atom is 0.317 e. The van der Waals surface area contributed by atoms with Crippen molar-refractivity contribution in [3.05, 3.63) is 18.2 Å². The number of fused-ring (bicyclic) bond motifs is 1. The number of imidazole rings is 1. The Morgan fingerprint density at radius 1 is 1.25 bits per heavy atom. The van der Waals surface area contributed by atoms with Gasteiger partial charge in [-0.3, -0.25) is 0 Å². The van der Waals surface area contributed by atoms with E-state index in [-0.39, 0.29) is 18.2 Å². The molecule has 3 aliphatic rings. The van der Waals surface area contributed by atoms with E-state index >= 15 is 0 Å². The number of hydrogen-bond donors (Lipinski definition) is 2. The third kappa shape index (κ3) is 2.92. The van der Waals surface area contributed by atoms with E-state index in [0.717, 1.165) is 44.6 Å². The largest absolute Gasteiger partial charge is 0.391 e. The topological polar surface area (TPSA) is 70.4 Å². The van der Waals surface area contributed by atoms with E-state index < -0.39 is 0 Å². The van der Waals surface area contributed by atoms with Crippen LogP contribution in [0.5, 0.6) is 0 Å². The van der Waals surface area contributed by atoms with Crippen LogP contribution < -0.4 is 5.32 Å². The molecule has 3 fully saturated rings. The number of aryl methyl sites for hydroxylation is 1. The molecule has 2 saturated carbocycles. The summed E-state index contributed by atoms with van der Waals surface area (Å²) >= 11 is 0. The number of rotatable bonds is 2. The molecule has 2 amide bonds. The van der Waals surface area contributed by atoms with Gasteiger partial charge in [-0.15, -0.1) is 0 Å². The number of likely N-dealkylation sites (tertiary alicyclic amines) is 1. The molecule has 24 heavy (non-hydrogen) atoms. The van der Waals surface area contributed by atoms with Crippen molar-refractivity contribution >= 4 is 6.03 Å². The average Bonchev–Trinajstić information content (AvgIpc) is 3.27. The van der Waals surface area contributed by atoms with Gasteiger partial charge in [0.2, 0.25) is 0 Å². The average molecular weight is 332 g/mol. The highest BCUT2D eigenvalue weighted by molar-refractivity contribution is 5.75. The van der Waals surface area contributed by atoms with Crippen LogP contribution in [0.3, 0.4) is 0 Å². The molecule has 1 aliphatic heterocycles. The van der Waals surface area contributed by atoms with Crippen LogP contribution >= 0.6 is 0 Å². The van der Waals surface area contributed by atoms with Crippen LogP contribution in [0.1, 0.15) is 50.4 Å². The number of nitrogens with zero attached hydrogens (tertiary/aromatic N) is 3. The van der Waals surface area contributed by atoms with Crippen LogP contribution in [0.25, 0.3) is 0 Å². The number of carbonyl (C=O) groups is 1. The normalized spacial score (nSPS) is 33.7. The van der Waals surface area contributed by atoms with Gasteiger partial charge in [0.05, 0.1) is 12.1 Å². The zero-order chi connectivity index (χ0) is 16.7. The molecular formula is C18H28N4O2. The number of aliphatic hydroxyl groups is 1. The lowest BCUT2D eigenvalue weighted by molar-refractivity contribution is 0.0349. The summed E-state index contributed by atoms with van der Waals surface area (Å²) in [5.74, 6) is 1.86. The van der Waals surface area contributed by atoms with Gasteiger partial charge in [-0.05, 0) is 44.4 Å². The third-order valence-corrected chi connectivity index (χ3v) is 6.30. The zero-order valence-corrected chi connectivity index (χ0v) is 14.4. The SMILES string of the molecule is Cc1nccn1[C@H]1C[C@H]2CN(C(=O)NC3CCCC3)C[C@H]2C[C@@H]1O. The highest BCUT2D eigenvalue weighted by Crippen LogP contribution is 2.41. The Bertz CT molecular complexity index is 596. The molecule has 1 saturated heterocycles. The molecule has 2 aliphatic carbocycles. The van der Waals surface area contributed by atoms with Gasteiger partial charge in [-0.25, -0.2) is 9.78 Å². The van der Waals surface area contributed by atoms with Crippen LogP contribution in [0, 0.1) is 18.8 Å². The lowest BCUT2D eigenvalue weighted by Crippen LogP contribution is -2.43. The van der Waals surface area contributed by atoms with Gasteiger partial charge in [-0.2, -0.15) is 0 Å². The first-order valence-corrected chi connectivity index (χ1v) is 9.34. The van der Waals surface area contributed by atoms with Gasteiger partial charge in [0.1, 0.15) is 5.82 Å². The monoisotopic (exact) mass is 332 g/mol. The van der Waals surface area contributed by atoms with Gasteiger partial charge in [0, 0.05) is 31.5 Å². The maximum atomic E-state index is 12.5. The van der Waals surface area contributed by atoms with E-state index in [1.807, 2.05) is 18.0 Å². The molecule has 4 atom stereocenters. The number of amides is 2. The van der Waals surface area contributed by atoms with Crippen molar-refractivity contribution in [1.82, 2.24) is 19.8 Å². The first-order chi connectivity index (χ1) is 11.6. The first kappa shape index (κ1) is 15.9. The Labute approximate surface area is 143 Å². The van der Waals surface area contributed by atoms with Crippen molar-refractivity contribution in [3.8, 4) is 0 Å². The van der Waals surface area contributed by atoms with Crippen LogP contribution in [0.15, 0.2) is 12.4 Å². The lowest BCUT2D eigenvalue weighted by Gasteiger charge is -2.36. The molecule has 0 spiro atoms. The quantitative estimate of drug-likeness (QED) is 0.871. The summed E-state index contributed by atoms with van der Waals surface area (Å²) < 4.78 is 2.10. The Balaban J connectivity index is 1.40. The second kappa shape index (κ2) is 6.39. The van der Waals surface area contributed by atoms with E-state index in [1.54, 1.807) is 6.20 Å². The number of urea groups is 1. The van der Waals surface area contributed by atoms with E-state index in [9.17, 15) is 9.90 Å². The number of carbonyl (C=O) groups excluding carboxylic acids is 1. The molecule has 0 bridgehead atoms. The number of aromatic nitrogens is 2. The van der Waals surface area contributed by atoms with Crippen molar-refractivity contribution < 1.29 is 9.90 Å². The molecule has 6 heteroatoms. The zero-order valence-electron chi connectivity index (χ0n) is 14.4. The number of aliphatic hydroxyl groups excluding tert-OH is 1. The smallest absolute Gasteiger partial charge is 0.317 e. The molecular weight excluding hydrogens is 304 g/mol. The molecule has 1 aromatic rings. The predicted molar refractivity (Wildman–Crippen MR) is 90.6 cm³/mol. The standard InChI is InChI=1S/C18H28N4O2/c1-12-19-6-7-22(12)16-8-13-10-21(11-14(13)9-17(16)23)18(24)20-15-4-2-3-5-15/h6-7,13-17,23H,2-5,8-11H2,1H3,(H,20,24)/t13-,14+,16-,17-/m0/s1. The van der Waals surface area contributed by atoms with Gasteiger partial charge in [-0.1, -0.05) is 12.8 Å². The molecule has 132 valence electrons. The Kier molecular flexibility index (Phi) is 4.24. The van der Waals surface area contributed by atoms with Gasteiger partial charge >= 0.3 is 6.03 Å². The minimum Gasteiger partial charge on any atom is -0.391 e. The first-order valence-electron chi connectivity index (χ1n) is 9.34. The Morgan fingerprint density at radius 2 is 1.96 bits per heavy atom. The van der Waals surface area contributed by atoms with Crippen LogP contribution in [0.2, 0.25) is 0 Å². The molecule has 0 unspecified atom stereocenters. The highest BCUT2D eigenvalue weighted by atomic mass is 16.3.